The lowest BCUT2D eigenvalue weighted by atomic mass is 10.1. The van der Waals surface area contributed by atoms with Gasteiger partial charge in [0.2, 0.25) is 10.0 Å². The molecule has 0 amide bonds. The van der Waals surface area contributed by atoms with Gasteiger partial charge in [0.25, 0.3) is 0 Å². The summed E-state index contributed by atoms with van der Waals surface area (Å²) in [6.07, 6.45) is 0. The Morgan fingerprint density at radius 1 is 0.920 bits per heavy atom. The second kappa shape index (κ2) is 7.80. The molecule has 132 valence electrons. The van der Waals surface area contributed by atoms with Crippen LogP contribution >= 0.6 is 0 Å². The lowest BCUT2D eigenvalue weighted by molar-refractivity contribution is 0.0592. The molecule has 2 aromatic rings. The zero-order chi connectivity index (χ0) is 18.4. The normalized spacial score (nSPS) is 10.8. The Kier molecular flexibility index (Phi) is 5.76. The summed E-state index contributed by atoms with van der Waals surface area (Å²) in [5.74, 6) is -1.33. The van der Waals surface area contributed by atoms with Crippen LogP contribution in [0.2, 0.25) is 0 Å². The molecule has 0 aromatic heterocycles. The lowest BCUT2D eigenvalue weighted by Crippen LogP contribution is -2.15. The van der Waals surface area contributed by atoms with Crippen molar-refractivity contribution in [2.75, 3.05) is 18.9 Å². The van der Waals surface area contributed by atoms with Crippen molar-refractivity contribution < 1.29 is 27.5 Å². The first-order chi connectivity index (χ1) is 11.8. The van der Waals surface area contributed by atoms with Crippen LogP contribution < -0.4 is 4.72 Å². The fraction of sp³-hybridized carbons (Fsp3) is 0.176. The minimum atomic E-state index is -3.69. The van der Waals surface area contributed by atoms with E-state index in [2.05, 4.69) is 14.2 Å². The van der Waals surface area contributed by atoms with Gasteiger partial charge in [-0.1, -0.05) is 18.2 Å². The van der Waals surface area contributed by atoms with Gasteiger partial charge >= 0.3 is 11.9 Å². The van der Waals surface area contributed by atoms with Gasteiger partial charge in [-0.15, -0.1) is 0 Å². The maximum Gasteiger partial charge on any atom is 0.337 e. The summed E-state index contributed by atoms with van der Waals surface area (Å²) in [5.41, 5.74) is 1.34. The number of methoxy groups -OCH3 is 2. The average Bonchev–Trinajstić information content (AvgIpc) is 2.60. The highest BCUT2D eigenvalue weighted by Crippen LogP contribution is 2.16. The highest BCUT2D eigenvalue weighted by molar-refractivity contribution is 7.91. The van der Waals surface area contributed by atoms with E-state index >= 15 is 0 Å². The topological polar surface area (TPSA) is 98.8 Å². The third-order valence-corrected chi connectivity index (χ3v) is 4.55. The van der Waals surface area contributed by atoms with Gasteiger partial charge in [-0.05, 0) is 35.9 Å². The highest BCUT2D eigenvalue weighted by Gasteiger charge is 2.14. The highest BCUT2D eigenvalue weighted by atomic mass is 32.2. The van der Waals surface area contributed by atoms with Gasteiger partial charge in [-0.3, -0.25) is 4.72 Å². The maximum absolute atomic E-state index is 12.3. The average molecular weight is 363 g/mol. The zero-order valence-corrected chi connectivity index (χ0v) is 14.5. The monoisotopic (exact) mass is 363 g/mol. The van der Waals surface area contributed by atoms with Crippen molar-refractivity contribution in [3.05, 3.63) is 65.2 Å². The largest absolute Gasteiger partial charge is 0.465 e. The van der Waals surface area contributed by atoms with E-state index in [-0.39, 0.29) is 17.0 Å². The van der Waals surface area contributed by atoms with Crippen molar-refractivity contribution in [1.29, 1.82) is 0 Å². The van der Waals surface area contributed by atoms with E-state index in [4.69, 9.17) is 0 Å². The van der Waals surface area contributed by atoms with Gasteiger partial charge in [0.15, 0.2) is 0 Å². The number of benzene rings is 2. The van der Waals surface area contributed by atoms with Gasteiger partial charge in [-0.2, -0.15) is 0 Å². The molecule has 7 nitrogen and oxygen atoms in total. The molecule has 0 radical (unpaired) electrons. The predicted molar refractivity (Wildman–Crippen MR) is 91.8 cm³/mol. The van der Waals surface area contributed by atoms with Crippen molar-refractivity contribution >= 4 is 27.6 Å². The van der Waals surface area contributed by atoms with Gasteiger partial charge in [0.05, 0.1) is 31.1 Å². The molecular formula is C17H17NO6S. The Morgan fingerprint density at radius 3 is 2.12 bits per heavy atom. The van der Waals surface area contributed by atoms with E-state index < -0.39 is 22.0 Å². The minimum Gasteiger partial charge on any atom is -0.465 e. The molecule has 2 aromatic carbocycles. The molecule has 25 heavy (non-hydrogen) atoms. The number of sulfonamides is 1. The van der Waals surface area contributed by atoms with Crippen LogP contribution in [0.15, 0.2) is 48.5 Å². The van der Waals surface area contributed by atoms with Gasteiger partial charge in [0, 0.05) is 5.69 Å². The smallest absolute Gasteiger partial charge is 0.337 e. The summed E-state index contributed by atoms with van der Waals surface area (Å²) in [4.78, 5) is 22.9. The molecule has 0 aliphatic carbocycles. The minimum absolute atomic E-state index is 0.241. The maximum atomic E-state index is 12.3. The van der Waals surface area contributed by atoms with Crippen LogP contribution in [0.5, 0.6) is 0 Å². The lowest BCUT2D eigenvalue weighted by Gasteiger charge is -2.09. The molecule has 0 saturated heterocycles. The second-order valence-corrected chi connectivity index (χ2v) is 6.84. The number of esters is 2. The number of carbonyl (C=O) groups is 2. The van der Waals surface area contributed by atoms with Gasteiger partial charge < -0.3 is 9.47 Å². The Hall–Kier alpha value is -2.87. The van der Waals surface area contributed by atoms with Crippen molar-refractivity contribution in [1.82, 2.24) is 0 Å². The first-order valence-corrected chi connectivity index (χ1v) is 8.86. The third kappa shape index (κ3) is 5.05. The van der Waals surface area contributed by atoms with E-state index in [0.29, 0.717) is 11.1 Å². The predicted octanol–water partition coefficient (Wildman–Crippen LogP) is 2.20. The summed E-state index contributed by atoms with van der Waals surface area (Å²) < 4.78 is 36.2. The molecule has 0 aliphatic rings. The van der Waals surface area contributed by atoms with Gasteiger partial charge in [-0.25, -0.2) is 18.0 Å². The second-order valence-electron chi connectivity index (χ2n) is 5.12. The Bertz CT molecular complexity index is 874. The molecule has 0 saturated carbocycles. The molecule has 1 N–H and O–H groups in total. The standard InChI is InChI=1S/C17H17NO6S/c1-23-16(19)13-8-6-12(7-9-13)11-25(21,22)18-15-5-3-4-14(10-15)17(20)24-2/h3-10,18H,11H2,1-2H3. The third-order valence-electron chi connectivity index (χ3n) is 3.29. The van der Waals surface area contributed by atoms with Crippen molar-refractivity contribution in [2.45, 2.75) is 5.75 Å². The number of hydrogen-bond acceptors (Lipinski definition) is 6. The molecular weight excluding hydrogens is 346 g/mol. The fourth-order valence-electron chi connectivity index (χ4n) is 2.12. The van der Waals surface area contributed by atoms with Crippen molar-refractivity contribution in [3.8, 4) is 0 Å². The molecule has 0 spiro atoms. The molecule has 0 heterocycles. The van der Waals surface area contributed by atoms with Crippen LogP contribution in [0.3, 0.4) is 0 Å². The molecule has 0 fully saturated rings. The summed E-state index contributed by atoms with van der Waals surface area (Å²) in [6, 6.07) is 12.1. The van der Waals surface area contributed by atoms with E-state index in [0.717, 1.165) is 0 Å². The fourth-order valence-corrected chi connectivity index (χ4v) is 3.31. The quantitative estimate of drug-likeness (QED) is 0.790. The first-order valence-electron chi connectivity index (χ1n) is 7.21. The Balaban J connectivity index is 2.12. The number of ether oxygens (including phenoxy) is 2. The molecule has 0 unspecified atom stereocenters. The molecule has 8 heteroatoms. The molecule has 0 aliphatic heterocycles. The van der Waals surface area contributed by atoms with Gasteiger partial charge in [0.1, 0.15) is 0 Å². The van der Waals surface area contributed by atoms with Crippen molar-refractivity contribution in [3.63, 3.8) is 0 Å². The zero-order valence-electron chi connectivity index (χ0n) is 13.7. The van der Waals surface area contributed by atoms with Crippen molar-refractivity contribution in [2.24, 2.45) is 0 Å². The van der Waals surface area contributed by atoms with Crippen LogP contribution in [0.1, 0.15) is 26.3 Å². The number of carbonyl (C=O) groups excluding carboxylic acids is 2. The molecule has 2 rings (SSSR count). The molecule has 0 bridgehead atoms. The van der Waals surface area contributed by atoms with Crippen LogP contribution in [0.4, 0.5) is 5.69 Å². The van der Waals surface area contributed by atoms with Crippen LogP contribution in [0, 0.1) is 0 Å². The Morgan fingerprint density at radius 2 is 1.52 bits per heavy atom. The summed E-state index contributed by atoms with van der Waals surface area (Å²) in [7, 11) is -1.18. The van der Waals surface area contributed by atoms with Crippen LogP contribution in [-0.2, 0) is 25.2 Å². The first kappa shape index (κ1) is 18.5. The Labute approximate surface area is 145 Å². The number of nitrogens with one attached hydrogen (secondary N) is 1. The summed E-state index contributed by atoms with van der Waals surface area (Å²) >= 11 is 0. The van der Waals surface area contributed by atoms with E-state index in [1.54, 1.807) is 6.07 Å². The van der Waals surface area contributed by atoms with Crippen LogP contribution in [-0.4, -0.2) is 34.6 Å². The van der Waals surface area contributed by atoms with Crippen LogP contribution in [0.25, 0.3) is 0 Å². The number of hydrogen-bond donors (Lipinski definition) is 1. The molecule has 0 atom stereocenters. The van der Waals surface area contributed by atoms with E-state index in [1.165, 1.54) is 56.7 Å². The number of rotatable bonds is 6. The number of anilines is 1. The SMILES string of the molecule is COC(=O)c1ccc(CS(=O)(=O)Nc2cccc(C(=O)OC)c2)cc1. The van der Waals surface area contributed by atoms with E-state index in [1.807, 2.05) is 0 Å². The summed E-state index contributed by atoms with van der Waals surface area (Å²) in [5, 5.41) is 0. The summed E-state index contributed by atoms with van der Waals surface area (Å²) in [6.45, 7) is 0. The van der Waals surface area contributed by atoms with E-state index in [9.17, 15) is 18.0 Å².